The van der Waals surface area contributed by atoms with Crippen LogP contribution in [0.5, 0.6) is 5.75 Å². The van der Waals surface area contributed by atoms with Crippen molar-refractivity contribution in [1.29, 1.82) is 0 Å². The van der Waals surface area contributed by atoms with Gasteiger partial charge in [-0.15, -0.1) is 0 Å². The van der Waals surface area contributed by atoms with Gasteiger partial charge in [-0.05, 0) is 61.3 Å². The average Bonchev–Trinajstić information content (AvgIpc) is 2.87. The molecule has 0 N–H and O–H groups in total. The van der Waals surface area contributed by atoms with Crippen molar-refractivity contribution in [3.05, 3.63) is 84.7 Å². The summed E-state index contributed by atoms with van der Waals surface area (Å²) in [6.45, 7) is 6.26. The van der Waals surface area contributed by atoms with Gasteiger partial charge in [-0.2, -0.15) is 0 Å². The fraction of sp³-hybridized carbons (Fsp3) is 0.333. The Morgan fingerprint density at radius 3 is 2.84 bits per heavy atom. The molecule has 0 heterocycles. The number of allylic oxidation sites excluding steroid dienone is 9. The Morgan fingerprint density at radius 1 is 1.20 bits per heavy atom. The minimum Gasteiger partial charge on any atom is -0.462 e. The van der Waals surface area contributed by atoms with Crippen LogP contribution in [0.4, 0.5) is 0 Å². The van der Waals surface area contributed by atoms with Crippen molar-refractivity contribution in [2.75, 3.05) is 0 Å². The molecule has 130 valence electrons. The van der Waals surface area contributed by atoms with Crippen molar-refractivity contribution in [3.63, 3.8) is 0 Å². The minimum absolute atomic E-state index is 0.677. The summed E-state index contributed by atoms with van der Waals surface area (Å²) in [6.07, 6.45) is 21.2. The summed E-state index contributed by atoms with van der Waals surface area (Å²) < 4.78 is 6.00. The van der Waals surface area contributed by atoms with Crippen LogP contribution in [0.3, 0.4) is 0 Å². The topological polar surface area (TPSA) is 9.23 Å². The molecule has 1 nitrogen and oxygen atoms in total. The number of rotatable bonds is 6. The summed E-state index contributed by atoms with van der Waals surface area (Å²) >= 11 is 0. The van der Waals surface area contributed by atoms with Gasteiger partial charge in [0.2, 0.25) is 0 Å². The number of ether oxygens (including phenoxy) is 1. The predicted octanol–water partition coefficient (Wildman–Crippen LogP) is 6.86. The van der Waals surface area contributed by atoms with Gasteiger partial charge in [-0.1, -0.05) is 67.7 Å². The zero-order chi connectivity index (χ0) is 17.5. The van der Waals surface area contributed by atoms with Crippen molar-refractivity contribution in [2.45, 2.75) is 39.0 Å². The van der Waals surface area contributed by atoms with Crippen molar-refractivity contribution < 1.29 is 4.74 Å². The summed E-state index contributed by atoms with van der Waals surface area (Å²) in [5.74, 6) is 3.12. The van der Waals surface area contributed by atoms with Crippen LogP contribution in [-0.4, -0.2) is 0 Å². The molecule has 2 unspecified atom stereocenters. The van der Waals surface area contributed by atoms with Gasteiger partial charge in [0.1, 0.15) is 5.75 Å². The van der Waals surface area contributed by atoms with Crippen LogP contribution in [0, 0.1) is 11.8 Å². The molecule has 1 aromatic carbocycles. The molecule has 1 heteroatoms. The van der Waals surface area contributed by atoms with Gasteiger partial charge >= 0.3 is 0 Å². The van der Waals surface area contributed by atoms with Crippen LogP contribution in [0.25, 0.3) is 5.57 Å². The summed E-state index contributed by atoms with van der Waals surface area (Å²) in [4.78, 5) is 0. The molecule has 0 spiro atoms. The van der Waals surface area contributed by atoms with E-state index < -0.39 is 0 Å². The number of benzene rings is 1. The zero-order valence-corrected chi connectivity index (χ0v) is 15.2. The van der Waals surface area contributed by atoms with Crippen molar-refractivity contribution in [3.8, 4) is 5.75 Å². The van der Waals surface area contributed by atoms with Crippen LogP contribution >= 0.6 is 0 Å². The minimum atomic E-state index is 0.677. The second-order valence-electron chi connectivity index (χ2n) is 6.94. The number of hydrogen-bond donors (Lipinski definition) is 0. The molecule has 1 aromatic rings. The molecular weight excluding hydrogens is 304 g/mol. The molecule has 0 saturated heterocycles. The normalized spacial score (nSPS) is 22.8. The van der Waals surface area contributed by atoms with Crippen LogP contribution in [0.2, 0.25) is 0 Å². The highest BCUT2D eigenvalue weighted by atomic mass is 16.5. The fourth-order valence-corrected chi connectivity index (χ4v) is 3.81. The first-order valence-corrected chi connectivity index (χ1v) is 9.38. The van der Waals surface area contributed by atoms with Gasteiger partial charge < -0.3 is 4.74 Å². The third kappa shape index (κ3) is 4.85. The lowest BCUT2D eigenvalue weighted by atomic mass is 9.92. The first kappa shape index (κ1) is 17.5. The molecule has 1 saturated carbocycles. The van der Waals surface area contributed by atoms with E-state index in [1.807, 2.05) is 12.1 Å². The van der Waals surface area contributed by atoms with E-state index in [1.165, 1.54) is 30.4 Å². The molecule has 0 aromatic heterocycles. The lowest BCUT2D eigenvalue weighted by molar-refractivity contribution is 0.346. The van der Waals surface area contributed by atoms with Gasteiger partial charge in [0.15, 0.2) is 0 Å². The first-order valence-electron chi connectivity index (χ1n) is 9.38. The van der Waals surface area contributed by atoms with Gasteiger partial charge in [-0.3, -0.25) is 0 Å². The molecule has 25 heavy (non-hydrogen) atoms. The average molecular weight is 332 g/mol. The van der Waals surface area contributed by atoms with Crippen molar-refractivity contribution in [1.82, 2.24) is 0 Å². The highest BCUT2D eigenvalue weighted by Gasteiger charge is 2.25. The second kappa shape index (κ2) is 8.71. The lowest BCUT2D eigenvalue weighted by Gasteiger charge is -2.18. The zero-order valence-electron chi connectivity index (χ0n) is 15.2. The summed E-state index contributed by atoms with van der Waals surface area (Å²) in [5.41, 5.74) is 2.45. The number of hydrogen-bond acceptors (Lipinski definition) is 1. The maximum absolute atomic E-state index is 6.00. The molecule has 2 aliphatic carbocycles. The molecule has 0 amide bonds. The van der Waals surface area contributed by atoms with Gasteiger partial charge in [-0.25, -0.2) is 0 Å². The third-order valence-electron chi connectivity index (χ3n) is 5.08. The Kier molecular flexibility index (Phi) is 6.11. The quantitative estimate of drug-likeness (QED) is 0.408. The monoisotopic (exact) mass is 332 g/mol. The van der Waals surface area contributed by atoms with Crippen LogP contribution < -0.4 is 4.74 Å². The highest BCUT2D eigenvalue weighted by Crippen LogP contribution is 2.37. The maximum Gasteiger partial charge on any atom is 0.126 e. The predicted molar refractivity (Wildman–Crippen MR) is 107 cm³/mol. The molecular formula is C24H28O. The fourth-order valence-electron chi connectivity index (χ4n) is 3.81. The molecule has 2 aliphatic rings. The highest BCUT2D eigenvalue weighted by molar-refractivity contribution is 5.75. The molecule has 3 rings (SSSR count). The van der Waals surface area contributed by atoms with E-state index in [4.69, 9.17) is 4.74 Å². The van der Waals surface area contributed by atoms with Crippen molar-refractivity contribution >= 4 is 5.57 Å². The Bertz CT molecular complexity index is 700. The Labute approximate surface area is 152 Å². The Balaban J connectivity index is 1.58. The summed E-state index contributed by atoms with van der Waals surface area (Å²) in [6, 6.07) is 8.33. The van der Waals surface area contributed by atoms with Gasteiger partial charge in [0, 0.05) is 6.42 Å². The van der Waals surface area contributed by atoms with E-state index >= 15 is 0 Å². The second-order valence-corrected chi connectivity index (χ2v) is 6.94. The van der Waals surface area contributed by atoms with E-state index in [9.17, 15) is 0 Å². The maximum atomic E-state index is 6.00. The molecule has 1 fully saturated rings. The van der Waals surface area contributed by atoms with Gasteiger partial charge in [0.05, 0.1) is 5.76 Å². The van der Waals surface area contributed by atoms with Gasteiger partial charge in [0.25, 0.3) is 0 Å². The van der Waals surface area contributed by atoms with E-state index in [-0.39, 0.29) is 0 Å². The van der Waals surface area contributed by atoms with E-state index in [2.05, 4.69) is 68.2 Å². The van der Waals surface area contributed by atoms with E-state index in [0.717, 1.165) is 24.4 Å². The molecule has 0 radical (unpaired) electrons. The Hall–Kier alpha value is -2.28. The summed E-state index contributed by atoms with van der Waals surface area (Å²) in [7, 11) is 0. The van der Waals surface area contributed by atoms with Crippen LogP contribution in [0.15, 0.2) is 79.1 Å². The lowest BCUT2D eigenvalue weighted by Crippen LogP contribution is -2.08. The third-order valence-corrected chi connectivity index (χ3v) is 5.08. The van der Waals surface area contributed by atoms with E-state index in [0.29, 0.717) is 11.8 Å². The SMILES string of the molecule is C=C(CC1CCCC1/C=C\C)Oc1ccc(C2=CC=CCC=C2)cc1. The van der Waals surface area contributed by atoms with E-state index in [1.54, 1.807) is 0 Å². The standard InChI is InChI=1S/C24H28O/c1-3-9-20-12-8-13-23(20)18-19(2)25-24-16-14-22(15-17-24)21-10-6-4-5-7-11-21/h3-4,6-7,9-11,14-17,20,23H,2,5,8,12-13,18H2,1H3/b9-3-. The Morgan fingerprint density at radius 2 is 2.04 bits per heavy atom. The van der Waals surface area contributed by atoms with Crippen LogP contribution in [-0.2, 0) is 0 Å². The molecule has 2 atom stereocenters. The first-order chi connectivity index (χ1) is 12.3. The summed E-state index contributed by atoms with van der Waals surface area (Å²) in [5, 5.41) is 0. The largest absolute Gasteiger partial charge is 0.462 e. The molecule has 0 bridgehead atoms. The molecule has 0 aliphatic heterocycles. The van der Waals surface area contributed by atoms with Crippen molar-refractivity contribution in [2.24, 2.45) is 11.8 Å². The smallest absolute Gasteiger partial charge is 0.126 e. The van der Waals surface area contributed by atoms with Crippen LogP contribution in [0.1, 0.15) is 44.6 Å².